The molecule has 0 saturated carbocycles. The van der Waals surface area contributed by atoms with Crippen LogP contribution in [0.5, 0.6) is 5.75 Å². The fourth-order valence-electron chi connectivity index (χ4n) is 2.84. The summed E-state index contributed by atoms with van der Waals surface area (Å²) < 4.78 is 15.8. The van der Waals surface area contributed by atoms with Crippen LogP contribution in [0.2, 0.25) is 0 Å². The molecule has 1 aromatic carbocycles. The maximum absolute atomic E-state index is 12.5. The van der Waals surface area contributed by atoms with E-state index in [1.807, 2.05) is 45.0 Å². The van der Waals surface area contributed by atoms with Crippen molar-refractivity contribution in [2.75, 3.05) is 20.3 Å². The Balaban J connectivity index is 2.01. The monoisotopic (exact) mass is 395 g/mol. The minimum atomic E-state index is -0.607. The van der Waals surface area contributed by atoms with E-state index in [1.54, 1.807) is 25.8 Å². The molecule has 1 amide bonds. The molecule has 0 bridgehead atoms. The third-order valence-electron chi connectivity index (χ3n) is 4.09. The van der Waals surface area contributed by atoms with Gasteiger partial charge in [0.1, 0.15) is 17.4 Å². The van der Waals surface area contributed by atoms with Crippen molar-refractivity contribution < 1.29 is 23.8 Å². The highest BCUT2D eigenvalue weighted by atomic mass is 32.2. The van der Waals surface area contributed by atoms with Crippen LogP contribution in [0.1, 0.15) is 39.7 Å². The Morgan fingerprint density at radius 3 is 2.44 bits per heavy atom. The summed E-state index contributed by atoms with van der Waals surface area (Å²) in [7, 11) is 1.64. The summed E-state index contributed by atoms with van der Waals surface area (Å²) in [6.07, 6.45) is 0.104. The molecule has 150 valence electrons. The average Bonchev–Trinajstić information content (AvgIpc) is 3.04. The molecule has 0 aromatic heterocycles. The predicted octanol–water partition coefficient (Wildman–Crippen LogP) is 3.87. The highest BCUT2D eigenvalue weighted by molar-refractivity contribution is 7.99. The van der Waals surface area contributed by atoms with Crippen molar-refractivity contribution in [1.29, 1.82) is 0 Å². The molecule has 7 heteroatoms. The number of likely N-dealkylation sites (tertiary alicyclic amines) is 1. The SMILES string of the molecule is CCOC(=O)C1CC(SCc2ccc(OC)cc2)CN1C(=O)OC(C)(C)C. The van der Waals surface area contributed by atoms with Gasteiger partial charge in [0.05, 0.1) is 13.7 Å². The number of methoxy groups -OCH3 is 1. The van der Waals surface area contributed by atoms with Crippen molar-refractivity contribution in [3.05, 3.63) is 29.8 Å². The fraction of sp³-hybridized carbons (Fsp3) is 0.600. The number of amides is 1. The maximum Gasteiger partial charge on any atom is 0.411 e. The van der Waals surface area contributed by atoms with E-state index in [0.717, 1.165) is 11.5 Å². The van der Waals surface area contributed by atoms with Crippen molar-refractivity contribution in [3.8, 4) is 5.75 Å². The van der Waals surface area contributed by atoms with Gasteiger partial charge in [-0.15, -0.1) is 0 Å². The minimum Gasteiger partial charge on any atom is -0.497 e. The smallest absolute Gasteiger partial charge is 0.411 e. The number of hydrogen-bond donors (Lipinski definition) is 0. The van der Waals surface area contributed by atoms with E-state index < -0.39 is 17.7 Å². The summed E-state index contributed by atoms with van der Waals surface area (Å²) >= 11 is 1.73. The van der Waals surface area contributed by atoms with Crippen molar-refractivity contribution in [3.63, 3.8) is 0 Å². The first-order valence-corrected chi connectivity index (χ1v) is 10.2. The van der Waals surface area contributed by atoms with Crippen LogP contribution in [0.25, 0.3) is 0 Å². The van der Waals surface area contributed by atoms with Gasteiger partial charge < -0.3 is 14.2 Å². The van der Waals surface area contributed by atoms with Crippen LogP contribution in [0.4, 0.5) is 4.79 Å². The van der Waals surface area contributed by atoms with Crippen LogP contribution >= 0.6 is 11.8 Å². The molecule has 1 aliphatic rings. The molecule has 2 unspecified atom stereocenters. The summed E-state index contributed by atoms with van der Waals surface area (Å²) in [4.78, 5) is 26.4. The van der Waals surface area contributed by atoms with Gasteiger partial charge in [0, 0.05) is 17.5 Å². The molecular weight excluding hydrogens is 366 g/mol. The summed E-state index contributed by atoms with van der Waals surface area (Å²) in [6.45, 7) is 7.98. The van der Waals surface area contributed by atoms with Gasteiger partial charge in [-0.05, 0) is 51.8 Å². The van der Waals surface area contributed by atoms with Gasteiger partial charge in [-0.25, -0.2) is 9.59 Å². The second kappa shape index (κ2) is 9.35. The standard InChI is InChI=1S/C20H29NO5S/c1-6-25-18(22)17-11-16(12-21(17)19(23)26-20(2,3)4)27-13-14-7-9-15(24-5)10-8-14/h7-10,16-17H,6,11-13H2,1-5H3. The number of rotatable bonds is 6. The van der Waals surface area contributed by atoms with Crippen LogP contribution in [0, 0.1) is 0 Å². The van der Waals surface area contributed by atoms with Crippen molar-refractivity contribution in [2.45, 2.75) is 56.8 Å². The van der Waals surface area contributed by atoms with Crippen molar-refractivity contribution >= 4 is 23.8 Å². The number of carbonyl (C=O) groups is 2. The Kier molecular flexibility index (Phi) is 7.41. The summed E-state index contributed by atoms with van der Waals surface area (Å²) in [5, 5.41) is 0.147. The third kappa shape index (κ3) is 6.34. The number of esters is 1. The van der Waals surface area contributed by atoms with Gasteiger partial charge in [-0.2, -0.15) is 11.8 Å². The van der Waals surface area contributed by atoms with E-state index >= 15 is 0 Å². The van der Waals surface area contributed by atoms with E-state index in [4.69, 9.17) is 14.2 Å². The molecule has 6 nitrogen and oxygen atoms in total. The van der Waals surface area contributed by atoms with Crippen molar-refractivity contribution in [2.24, 2.45) is 0 Å². The van der Waals surface area contributed by atoms with Gasteiger partial charge in [0.15, 0.2) is 0 Å². The number of benzene rings is 1. The zero-order valence-electron chi connectivity index (χ0n) is 16.7. The summed E-state index contributed by atoms with van der Waals surface area (Å²) in [6, 6.07) is 7.32. The normalized spacial score (nSPS) is 19.7. The molecule has 0 N–H and O–H groups in total. The molecule has 0 radical (unpaired) electrons. The number of nitrogens with zero attached hydrogens (tertiary/aromatic N) is 1. The third-order valence-corrected chi connectivity index (χ3v) is 5.41. The van der Waals surface area contributed by atoms with Gasteiger partial charge in [0.2, 0.25) is 0 Å². The van der Waals surface area contributed by atoms with Crippen LogP contribution in [-0.4, -0.2) is 54.1 Å². The molecule has 0 spiro atoms. The Hall–Kier alpha value is -1.89. The number of thioether (sulfide) groups is 1. The quantitative estimate of drug-likeness (QED) is 0.681. The second-order valence-corrected chi connectivity index (χ2v) is 8.71. The zero-order valence-corrected chi connectivity index (χ0v) is 17.5. The molecule has 1 aromatic rings. The minimum absolute atomic E-state index is 0.147. The lowest BCUT2D eigenvalue weighted by Crippen LogP contribution is -2.44. The lowest BCUT2D eigenvalue weighted by Gasteiger charge is -2.27. The van der Waals surface area contributed by atoms with Crippen LogP contribution in [-0.2, 0) is 20.0 Å². The lowest BCUT2D eigenvalue weighted by molar-refractivity contribution is -0.148. The number of ether oxygens (including phenoxy) is 3. The molecule has 2 rings (SSSR count). The van der Waals surface area contributed by atoms with Crippen LogP contribution in [0.3, 0.4) is 0 Å². The molecule has 1 fully saturated rings. The number of carbonyl (C=O) groups excluding carboxylic acids is 2. The summed E-state index contributed by atoms with van der Waals surface area (Å²) in [5.74, 6) is 1.26. The van der Waals surface area contributed by atoms with Gasteiger partial charge in [-0.1, -0.05) is 12.1 Å². The van der Waals surface area contributed by atoms with E-state index in [9.17, 15) is 9.59 Å². The lowest BCUT2D eigenvalue weighted by atomic mass is 10.2. The van der Waals surface area contributed by atoms with E-state index in [2.05, 4.69) is 0 Å². The Labute approximate surface area is 165 Å². The molecule has 1 aliphatic heterocycles. The Bertz CT molecular complexity index is 641. The van der Waals surface area contributed by atoms with Gasteiger partial charge >= 0.3 is 12.1 Å². The molecule has 0 aliphatic carbocycles. The molecule has 1 heterocycles. The largest absolute Gasteiger partial charge is 0.497 e. The molecule has 1 saturated heterocycles. The maximum atomic E-state index is 12.5. The molecule has 2 atom stereocenters. The number of hydrogen-bond acceptors (Lipinski definition) is 6. The highest BCUT2D eigenvalue weighted by Crippen LogP contribution is 2.32. The van der Waals surface area contributed by atoms with E-state index in [1.165, 1.54) is 10.5 Å². The fourth-order valence-corrected chi connectivity index (χ4v) is 4.04. The predicted molar refractivity (Wildman–Crippen MR) is 106 cm³/mol. The Morgan fingerprint density at radius 1 is 1.22 bits per heavy atom. The topological polar surface area (TPSA) is 65.1 Å². The Morgan fingerprint density at radius 2 is 1.89 bits per heavy atom. The van der Waals surface area contributed by atoms with E-state index in [0.29, 0.717) is 19.6 Å². The molecule has 27 heavy (non-hydrogen) atoms. The zero-order chi connectivity index (χ0) is 20.0. The first-order chi connectivity index (χ1) is 12.7. The van der Waals surface area contributed by atoms with E-state index in [-0.39, 0.29) is 11.2 Å². The summed E-state index contributed by atoms with van der Waals surface area (Å²) in [5.41, 5.74) is 0.564. The highest BCUT2D eigenvalue weighted by Gasteiger charge is 2.42. The average molecular weight is 396 g/mol. The van der Waals surface area contributed by atoms with Gasteiger partial charge in [0.25, 0.3) is 0 Å². The van der Waals surface area contributed by atoms with Gasteiger partial charge in [-0.3, -0.25) is 4.90 Å². The van der Waals surface area contributed by atoms with Crippen LogP contribution in [0.15, 0.2) is 24.3 Å². The van der Waals surface area contributed by atoms with Crippen molar-refractivity contribution in [1.82, 2.24) is 4.90 Å². The van der Waals surface area contributed by atoms with Crippen LogP contribution < -0.4 is 4.74 Å². The molecular formula is C20H29NO5S. The first-order valence-electron chi connectivity index (χ1n) is 9.14. The first kappa shape index (κ1) is 21.4. The second-order valence-electron chi connectivity index (χ2n) is 7.42.